The highest BCUT2D eigenvalue weighted by atomic mass is 16.2. The number of carbonyl (C=O) groups excluding carboxylic acids is 1. The molecule has 4 rings (SSSR count). The number of aromatic nitrogens is 3. The highest BCUT2D eigenvalue weighted by Gasteiger charge is 2.24. The van der Waals surface area contributed by atoms with Crippen LogP contribution in [0.5, 0.6) is 0 Å². The van der Waals surface area contributed by atoms with E-state index in [4.69, 9.17) is 9.97 Å². The minimum absolute atomic E-state index is 0.168. The van der Waals surface area contributed by atoms with E-state index in [9.17, 15) is 4.79 Å². The van der Waals surface area contributed by atoms with E-state index in [-0.39, 0.29) is 5.91 Å². The van der Waals surface area contributed by atoms with E-state index in [1.54, 1.807) is 0 Å². The van der Waals surface area contributed by atoms with E-state index in [0.29, 0.717) is 6.54 Å². The molecule has 26 heavy (non-hydrogen) atoms. The van der Waals surface area contributed by atoms with Crippen molar-refractivity contribution in [2.24, 2.45) is 0 Å². The number of anilines is 1. The Morgan fingerprint density at radius 1 is 1.08 bits per heavy atom. The Hall–Kier alpha value is -2.63. The maximum absolute atomic E-state index is 12.7. The summed E-state index contributed by atoms with van der Waals surface area (Å²) in [6.07, 6.45) is 11.0. The molecule has 2 aromatic rings. The number of hydrogen-bond donors (Lipinski definition) is 0. The molecule has 0 atom stereocenters. The third-order valence-corrected chi connectivity index (χ3v) is 5.13. The third kappa shape index (κ3) is 3.49. The molecular formula is C20H25N5O. The second kappa shape index (κ2) is 7.32. The molecule has 136 valence electrons. The number of nitrogens with zero attached hydrogens (tertiary/aromatic N) is 5. The molecule has 1 amide bonds. The first-order valence-electron chi connectivity index (χ1n) is 9.35. The van der Waals surface area contributed by atoms with Gasteiger partial charge in [-0.3, -0.25) is 4.79 Å². The third-order valence-electron chi connectivity index (χ3n) is 5.13. The Labute approximate surface area is 154 Å². The van der Waals surface area contributed by atoms with Crippen molar-refractivity contribution in [3.05, 3.63) is 53.8 Å². The molecule has 2 aliphatic heterocycles. The number of rotatable bonds is 3. The Morgan fingerprint density at radius 2 is 1.88 bits per heavy atom. The summed E-state index contributed by atoms with van der Waals surface area (Å²) < 4.78 is 1.93. The molecule has 4 heterocycles. The van der Waals surface area contributed by atoms with E-state index in [0.717, 1.165) is 62.8 Å². The molecule has 6 nitrogen and oxygen atoms in total. The van der Waals surface area contributed by atoms with Gasteiger partial charge in [-0.05, 0) is 31.9 Å². The van der Waals surface area contributed by atoms with Crippen LogP contribution in [0.4, 0.5) is 5.82 Å². The average molecular weight is 351 g/mol. The van der Waals surface area contributed by atoms with Gasteiger partial charge in [0.1, 0.15) is 18.2 Å². The number of amides is 1. The first-order valence-corrected chi connectivity index (χ1v) is 9.35. The van der Waals surface area contributed by atoms with E-state index in [2.05, 4.69) is 17.1 Å². The van der Waals surface area contributed by atoms with E-state index >= 15 is 0 Å². The first-order chi connectivity index (χ1) is 12.7. The van der Waals surface area contributed by atoms with Gasteiger partial charge in [0.25, 0.3) is 0 Å². The first kappa shape index (κ1) is 16.8. The monoisotopic (exact) mass is 351 g/mol. The van der Waals surface area contributed by atoms with Gasteiger partial charge in [0.05, 0.1) is 5.69 Å². The zero-order valence-corrected chi connectivity index (χ0v) is 15.3. The normalized spacial score (nSPS) is 17.1. The number of fused-ring (bicyclic) bond motifs is 1. The summed E-state index contributed by atoms with van der Waals surface area (Å²) in [6, 6.07) is 3.90. The van der Waals surface area contributed by atoms with Crippen LogP contribution in [0, 0.1) is 6.92 Å². The second-order valence-corrected chi connectivity index (χ2v) is 6.96. The zero-order chi connectivity index (χ0) is 17.9. The number of carbonyl (C=O) groups is 1. The maximum atomic E-state index is 12.7. The molecule has 0 bridgehead atoms. The van der Waals surface area contributed by atoms with Crippen LogP contribution in [0.3, 0.4) is 0 Å². The van der Waals surface area contributed by atoms with Crippen LogP contribution < -0.4 is 4.90 Å². The van der Waals surface area contributed by atoms with Gasteiger partial charge in [0.15, 0.2) is 0 Å². The Kier molecular flexibility index (Phi) is 4.73. The van der Waals surface area contributed by atoms with Gasteiger partial charge in [-0.25, -0.2) is 9.97 Å². The van der Waals surface area contributed by atoms with Crippen LogP contribution in [-0.2, 0) is 24.2 Å². The van der Waals surface area contributed by atoms with Crippen molar-refractivity contribution < 1.29 is 4.79 Å². The molecule has 2 aromatic heterocycles. The van der Waals surface area contributed by atoms with Crippen molar-refractivity contribution in [3.63, 3.8) is 0 Å². The van der Waals surface area contributed by atoms with Crippen LogP contribution in [0.25, 0.3) is 0 Å². The van der Waals surface area contributed by atoms with Crippen molar-refractivity contribution in [1.82, 2.24) is 19.4 Å². The van der Waals surface area contributed by atoms with Crippen molar-refractivity contribution in [1.29, 1.82) is 0 Å². The van der Waals surface area contributed by atoms with Gasteiger partial charge in [0.2, 0.25) is 5.91 Å². The van der Waals surface area contributed by atoms with Crippen molar-refractivity contribution >= 4 is 11.7 Å². The minimum Gasteiger partial charge on any atom is -0.352 e. The largest absolute Gasteiger partial charge is 0.352 e. The van der Waals surface area contributed by atoms with Crippen LogP contribution in [0.1, 0.15) is 23.5 Å². The van der Waals surface area contributed by atoms with Gasteiger partial charge < -0.3 is 14.4 Å². The van der Waals surface area contributed by atoms with Crippen LogP contribution in [0.15, 0.2) is 36.7 Å². The molecule has 6 heteroatoms. The lowest BCUT2D eigenvalue weighted by molar-refractivity contribution is -0.131. The molecule has 0 spiro atoms. The lowest BCUT2D eigenvalue weighted by Crippen LogP contribution is -2.35. The molecule has 0 aromatic carbocycles. The summed E-state index contributed by atoms with van der Waals surface area (Å²) >= 11 is 0. The van der Waals surface area contributed by atoms with Crippen molar-refractivity contribution in [3.8, 4) is 0 Å². The average Bonchev–Trinajstić information content (AvgIpc) is 3.06. The smallest absolute Gasteiger partial charge is 0.242 e. The van der Waals surface area contributed by atoms with E-state index in [1.807, 2.05) is 40.9 Å². The molecule has 0 fully saturated rings. The number of aryl methyl sites for hydroxylation is 1. The van der Waals surface area contributed by atoms with E-state index < -0.39 is 0 Å². The fraction of sp³-hybridized carbons (Fsp3) is 0.450. The fourth-order valence-corrected chi connectivity index (χ4v) is 3.78. The highest BCUT2D eigenvalue weighted by molar-refractivity contribution is 5.76. The lowest BCUT2D eigenvalue weighted by atomic mass is 10.1. The molecule has 0 saturated heterocycles. The molecule has 0 aliphatic carbocycles. The molecule has 0 radical (unpaired) electrons. The maximum Gasteiger partial charge on any atom is 0.242 e. The van der Waals surface area contributed by atoms with Crippen LogP contribution in [0.2, 0.25) is 0 Å². The van der Waals surface area contributed by atoms with Gasteiger partial charge in [-0.15, -0.1) is 0 Å². The summed E-state index contributed by atoms with van der Waals surface area (Å²) in [5.41, 5.74) is 2.33. The Balaban J connectivity index is 1.53. The lowest BCUT2D eigenvalue weighted by Gasteiger charge is -2.27. The van der Waals surface area contributed by atoms with E-state index in [1.165, 1.54) is 5.56 Å². The van der Waals surface area contributed by atoms with Crippen LogP contribution >= 0.6 is 0 Å². The summed E-state index contributed by atoms with van der Waals surface area (Å²) in [5.74, 6) is 2.05. The summed E-state index contributed by atoms with van der Waals surface area (Å²) in [6.45, 7) is 5.72. The molecule has 2 aliphatic rings. The predicted octanol–water partition coefficient (Wildman–Crippen LogP) is 1.98. The summed E-state index contributed by atoms with van der Waals surface area (Å²) in [4.78, 5) is 26.4. The summed E-state index contributed by atoms with van der Waals surface area (Å²) in [7, 11) is 0. The SMILES string of the molecule is Cc1nc2c(c(N3CC=CCC3)n1)CCN(C(=O)Cn1cccc1)CC2. The second-order valence-electron chi connectivity index (χ2n) is 6.96. The minimum atomic E-state index is 0.168. The Morgan fingerprint density at radius 3 is 2.65 bits per heavy atom. The van der Waals surface area contributed by atoms with Crippen LogP contribution in [-0.4, -0.2) is 51.5 Å². The highest BCUT2D eigenvalue weighted by Crippen LogP contribution is 2.26. The Bertz CT molecular complexity index is 812. The molecule has 0 N–H and O–H groups in total. The fourth-order valence-electron chi connectivity index (χ4n) is 3.78. The molecule has 0 unspecified atom stereocenters. The zero-order valence-electron chi connectivity index (χ0n) is 15.3. The summed E-state index contributed by atoms with van der Waals surface area (Å²) in [5, 5.41) is 0. The number of hydrogen-bond acceptors (Lipinski definition) is 4. The predicted molar refractivity (Wildman–Crippen MR) is 101 cm³/mol. The van der Waals surface area contributed by atoms with Gasteiger partial charge in [-0.1, -0.05) is 12.2 Å². The van der Waals surface area contributed by atoms with Gasteiger partial charge in [-0.2, -0.15) is 0 Å². The van der Waals surface area contributed by atoms with Crippen molar-refractivity contribution in [2.75, 3.05) is 31.1 Å². The van der Waals surface area contributed by atoms with Gasteiger partial charge >= 0.3 is 0 Å². The van der Waals surface area contributed by atoms with Gasteiger partial charge in [0, 0.05) is 50.6 Å². The topological polar surface area (TPSA) is 54.3 Å². The quantitative estimate of drug-likeness (QED) is 0.794. The van der Waals surface area contributed by atoms with Crippen molar-refractivity contribution in [2.45, 2.75) is 32.7 Å². The molecule has 0 saturated carbocycles. The molecular weight excluding hydrogens is 326 g/mol. The standard InChI is InChI=1S/C20H25N5O/c1-16-21-18-8-14-24(19(26)15-23-9-5-6-10-23)13-7-17(18)20(22-16)25-11-3-2-4-12-25/h2-3,5-6,9-10H,4,7-8,11-15H2,1H3.